The number of carbonyl (C=O) groups is 1. The molecule has 118 valence electrons. The fourth-order valence-corrected chi connectivity index (χ4v) is 3.32. The number of nitriles is 1. The van der Waals surface area contributed by atoms with E-state index >= 15 is 0 Å². The Morgan fingerprint density at radius 2 is 2.36 bits per heavy atom. The number of ether oxygens (including phenoxy) is 1. The fraction of sp³-hybridized carbons (Fsp3) is 0.562. The SMILES string of the molecule is CC(C)(C)OC(=O)N1CCC(CSc2ncccc2C#N)C1. The Morgan fingerprint density at radius 3 is 3.05 bits per heavy atom. The average Bonchev–Trinajstić information content (AvgIpc) is 2.92. The molecule has 2 heterocycles. The van der Waals surface area contributed by atoms with Gasteiger partial charge in [0, 0.05) is 25.0 Å². The third kappa shape index (κ3) is 4.63. The van der Waals surface area contributed by atoms with Crippen molar-refractivity contribution in [2.24, 2.45) is 5.92 Å². The van der Waals surface area contributed by atoms with Crippen molar-refractivity contribution in [1.29, 1.82) is 5.26 Å². The van der Waals surface area contributed by atoms with E-state index in [1.807, 2.05) is 20.8 Å². The number of rotatable bonds is 3. The van der Waals surface area contributed by atoms with Crippen LogP contribution in [0.3, 0.4) is 0 Å². The van der Waals surface area contributed by atoms with Crippen LogP contribution in [0.1, 0.15) is 32.8 Å². The van der Waals surface area contributed by atoms with Crippen LogP contribution in [0.15, 0.2) is 23.4 Å². The number of thioether (sulfide) groups is 1. The fourth-order valence-electron chi connectivity index (χ4n) is 2.25. The molecule has 0 saturated carbocycles. The first kappa shape index (κ1) is 16.6. The first-order valence-electron chi connectivity index (χ1n) is 7.35. The summed E-state index contributed by atoms with van der Waals surface area (Å²) in [7, 11) is 0. The molecule has 22 heavy (non-hydrogen) atoms. The molecule has 1 fully saturated rings. The van der Waals surface area contributed by atoms with Crippen molar-refractivity contribution in [1.82, 2.24) is 9.88 Å². The Kier molecular flexibility index (Phi) is 5.30. The average molecular weight is 319 g/mol. The predicted octanol–water partition coefficient (Wildman–Crippen LogP) is 3.30. The van der Waals surface area contributed by atoms with Gasteiger partial charge in [0.05, 0.1) is 5.56 Å². The number of likely N-dealkylation sites (tertiary alicyclic amines) is 1. The Bertz CT molecular complexity index is 577. The van der Waals surface area contributed by atoms with Crippen LogP contribution in [0.25, 0.3) is 0 Å². The Hall–Kier alpha value is -1.74. The van der Waals surface area contributed by atoms with E-state index in [1.165, 1.54) is 0 Å². The van der Waals surface area contributed by atoms with Crippen molar-refractivity contribution in [3.05, 3.63) is 23.9 Å². The zero-order chi connectivity index (χ0) is 16.2. The summed E-state index contributed by atoms with van der Waals surface area (Å²) in [6.07, 6.45) is 2.42. The van der Waals surface area contributed by atoms with Gasteiger partial charge in [-0.3, -0.25) is 0 Å². The summed E-state index contributed by atoms with van der Waals surface area (Å²) in [5.74, 6) is 1.26. The third-order valence-electron chi connectivity index (χ3n) is 3.28. The van der Waals surface area contributed by atoms with Gasteiger partial charge in [0.25, 0.3) is 0 Å². The van der Waals surface area contributed by atoms with Gasteiger partial charge < -0.3 is 9.64 Å². The monoisotopic (exact) mass is 319 g/mol. The molecule has 1 atom stereocenters. The summed E-state index contributed by atoms with van der Waals surface area (Å²) >= 11 is 1.58. The molecule has 1 unspecified atom stereocenters. The molecule has 1 amide bonds. The van der Waals surface area contributed by atoms with Crippen molar-refractivity contribution >= 4 is 17.9 Å². The second-order valence-electron chi connectivity index (χ2n) is 6.36. The normalized spacial score (nSPS) is 18.1. The molecule has 0 N–H and O–H groups in total. The van der Waals surface area contributed by atoms with Gasteiger partial charge in [-0.1, -0.05) is 0 Å². The van der Waals surface area contributed by atoms with Gasteiger partial charge in [0.2, 0.25) is 0 Å². The number of nitrogens with zero attached hydrogens (tertiary/aromatic N) is 3. The molecule has 1 aromatic heterocycles. The predicted molar refractivity (Wildman–Crippen MR) is 85.6 cm³/mol. The molecule has 1 aliphatic rings. The van der Waals surface area contributed by atoms with Crippen molar-refractivity contribution in [3.63, 3.8) is 0 Å². The number of amides is 1. The van der Waals surface area contributed by atoms with E-state index in [0.29, 0.717) is 18.0 Å². The molecular weight excluding hydrogens is 298 g/mol. The van der Waals surface area contributed by atoms with Crippen LogP contribution in [-0.2, 0) is 4.74 Å². The lowest BCUT2D eigenvalue weighted by atomic mass is 10.2. The summed E-state index contributed by atoms with van der Waals surface area (Å²) in [6.45, 7) is 7.06. The van der Waals surface area contributed by atoms with E-state index < -0.39 is 5.60 Å². The van der Waals surface area contributed by atoms with E-state index in [9.17, 15) is 4.79 Å². The van der Waals surface area contributed by atoms with E-state index in [4.69, 9.17) is 10.00 Å². The van der Waals surface area contributed by atoms with Crippen LogP contribution in [-0.4, -0.2) is 40.4 Å². The molecular formula is C16H21N3O2S. The molecule has 1 saturated heterocycles. The molecule has 0 bridgehead atoms. The van der Waals surface area contributed by atoms with E-state index in [-0.39, 0.29) is 6.09 Å². The quantitative estimate of drug-likeness (QED) is 0.800. The summed E-state index contributed by atoms with van der Waals surface area (Å²) in [5.41, 5.74) is 0.147. The van der Waals surface area contributed by atoms with Crippen molar-refractivity contribution in [3.8, 4) is 6.07 Å². The Balaban J connectivity index is 1.84. The van der Waals surface area contributed by atoms with Crippen LogP contribution in [0, 0.1) is 17.2 Å². The number of pyridine rings is 1. The Labute approximate surface area is 135 Å². The molecule has 2 rings (SSSR count). The summed E-state index contributed by atoms with van der Waals surface area (Å²) in [6, 6.07) is 5.70. The van der Waals surface area contributed by atoms with Gasteiger partial charge in [0.1, 0.15) is 16.7 Å². The largest absolute Gasteiger partial charge is 0.444 e. The minimum Gasteiger partial charge on any atom is -0.444 e. The van der Waals surface area contributed by atoms with E-state index in [0.717, 1.165) is 23.7 Å². The lowest BCUT2D eigenvalue weighted by molar-refractivity contribution is 0.0289. The summed E-state index contributed by atoms with van der Waals surface area (Å²) in [5, 5.41) is 9.83. The van der Waals surface area contributed by atoms with Gasteiger partial charge in [-0.2, -0.15) is 5.26 Å². The number of carbonyl (C=O) groups excluding carboxylic acids is 1. The van der Waals surface area contributed by atoms with Gasteiger partial charge in [0.15, 0.2) is 0 Å². The number of hydrogen-bond donors (Lipinski definition) is 0. The van der Waals surface area contributed by atoms with Crippen LogP contribution in [0.2, 0.25) is 0 Å². The standard InChI is InChI=1S/C16H21N3O2S/c1-16(2,3)21-15(20)19-8-6-12(10-19)11-22-14-13(9-17)5-4-7-18-14/h4-5,7,12H,6,8,10-11H2,1-3H3. The highest BCUT2D eigenvalue weighted by Gasteiger charge is 2.29. The van der Waals surface area contributed by atoms with Gasteiger partial charge in [-0.25, -0.2) is 9.78 Å². The maximum absolute atomic E-state index is 12.0. The smallest absolute Gasteiger partial charge is 0.410 e. The minimum atomic E-state index is -0.459. The lowest BCUT2D eigenvalue weighted by Gasteiger charge is -2.24. The van der Waals surface area contributed by atoms with Crippen molar-refractivity contribution in [2.45, 2.75) is 37.8 Å². The third-order valence-corrected chi connectivity index (χ3v) is 4.52. The second-order valence-corrected chi connectivity index (χ2v) is 7.37. The minimum absolute atomic E-state index is 0.240. The molecule has 0 radical (unpaired) electrons. The number of aromatic nitrogens is 1. The zero-order valence-corrected chi connectivity index (χ0v) is 14.0. The highest BCUT2D eigenvalue weighted by molar-refractivity contribution is 7.99. The van der Waals surface area contributed by atoms with Gasteiger partial charge in [-0.05, 0) is 45.2 Å². The van der Waals surface area contributed by atoms with Gasteiger partial charge in [-0.15, -0.1) is 11.8 Å². The van der Waals surface area contributed by atoms with Crippen LogP contribution >= 0.6 is 11.8 Å². The maximum atomic E-state index is 12.0. The highest BCUT2D eigenvalue weighted by Crippen LogP contribution is 2.27. The second kappa shape index (κ2) is 7.01. The first-order valence-corrected chi connectivity index (χ1v) is 8.33. The van der Waals surface area contributed by atoms with Gasteiger partial charge >= 0.3 is 6.09 Å². The number of hydrogen-bond acceptors (Lipinski definition) is 5. The molecule has 6 heteroatoms. The molecule has 1 aromatic rings. The first-order chi connectivity index (χ1) is 10.4. The topological polar surface area (TPSA) is 66.2 Å². The summed E-state index contributed by atoms with van der Waals surface area (Å²) in [4.78, 5) is 18.0. The van der Waals surface area contributed by atoms with E-state index in [1.54, 1.807) is 35.0 Å². The molecule has 0 aromatic carbocycles. The van der Waals surface area contributed by atoms with Crippen LogP contribution < -0.4 is 0 Å². The summed E-state index contributed by atoms with van der Waals surface area (Å²) < 4.78 is 5.39. The van der Waals surface area contributed by atoms with Crippen molar-refractivity contribution < 1.29 is 9.53 Å². The molecule has 5 nitrogen and oxygen atoms in total. The molecule has 0 aliphatic carbocycles. The molecule has 1 aliphatic heterocycles. The highest BCUT2D eigenvalue weighted by atomic mass is 32.2. The van der Waals surface area contributed by atoms with E-state index in [2.05, 4.69) is 11.1 Å². The Morgan fingerprint density at radius 1 is 1.59 bits per heavy atom. The van der Waals surface area contributed by atoms with Crippen LogP contribution in [0.4, 0.5) is 4.79 Å². The lowest BCUT2D eigenvalue weighted by Crippen LogP contribution is -2.35. The molecule has 0 spiro atoms. The van der Waals surface area contributed by atoms with Crippen molar-refractivity contribution in [2.75, 3.05) is 18.8 Å². The maximum Gasteiger partial charge on any atom is 0.410 e. The van der Waals surface area contributed by atoms with Crippen LogP contribution in [0.5, 0.6) is 0 Å². The zero-order valence-electron chi connectivity index (χ0n) is 13.2.